The molecule has 0 aliphatic heterocycles. The number of methoxy groups -OCH3 is 1. The molecule has 3 aromatic carbocycles. The van der Waals surface area contributed by atoms with E-state index in [9.17, 15) is 13.2 Å². The third-order valence-electron chi connectivity index (χ3n) is 5.02. The number of halogens is 1. The second-order valence-corrected chi connectivity index (χ2v) is 9.37. The van der Waals surface area contributed by atoms with Gasteiger partial charge in [-0.1, -0.05) is 42.4 Å². The van der Waals surface area contributed by atoms with Gasteiger partial charge in [-0.05, 0) is 66.9 Å². The van der Waals surface area contributed by atoms with Gasteiger partial charge in [0.2, 0.25) is 0 Å². The normalized spacial score (nSPS) is 10.9. The quantitative estimate of drug-likeness (QED) is 0.403. The number of hydrogen-bond donors (Lipinski definition) is 3. The molecular formula is C24H24ClN3O4S. The van der Waals surface area contributed by atoms with Crippen LogP contribution in [0.5, 0.6) is 5.75 Å². The van der Waals surface area contributed by atoms with Crippen LogP contribution in [0.3, 0.4) is 0 Å². The second-order valence-electron chi connectivity index (χ2n) is 7.31. The second kappa shape index (κ2) is 9.97. The fourth-order valence-corrected chi connectivity index (χ4v) is 4.58. The SMILES string of the molecule is C=C(NNC(=O)c1ccc(Cl)c(S(=O)(=O)Nc2ccccc2OC)c1)c1ccc(C)c(C)c1. The maximum absolute atomic E-state index is 13.0. The minimum Gasteiger partial charge on any atom is -0.495 e. The van der Waals surface area contributed by atoms with Crippen molar-refractivity contribution in [2.45, 2.75) is 18.7 Å². The first-order chi connectivity index (χ1) is 15.6. The topological polar surface area (TPSA) is 96.5 Å². The molecule has 0 heterocycles. The van der Waals surface area contributed by atoms with E-state index in [1.807, 2.05) is 32.0 Å². The first-order valence-electron chi connectivity index (χ1n) is 9.90. The van der Waals surface area contributed by atoms with Gasteiger partial charge in [-0.2, -0.15) is 0 Å². The molecule has 0 saturated carbocycles. The number of carbonyl (C=O) groups excluding carboxylic acids is 1. The van der Waals surface area contributed by atoms with Gasteiger partial charge in [0.15, 0.2) is 0 Å². The van der Waals surface area contributed by atoms with E-state index in [2.05, 4.69) is 22.2 Å². The van der Waals surface area contributed by atoms with Gasteiger partial charge < -0.3 is 4.74 Å². The third-order valence-corrected chi connectivity index (χ3v) is 6.86. The van der Waals surface area contributed by atoms with Gasteiger partial charge in [-0.3, -0.25) is 20.4 Å². The average molecular weight is 486 g/mol. The predicted octanol–water partition coefficient (Wildman–Crippen LogP) is 4.67. The van der Waals surface area contributed by atoms with Crippen LogP contribution in [0, 0.1) is 13.8 Å². The van der Waals surface area contributed by atoms with Crippen molar-refractivity contribution in [3.8, 4) is 5.75 Å². The van der Waals surface area contributed by atoms with Crippen LogP contribution in [0.2, 0.25) is 5.02 Å². The summed E-state index contributed by atoms with van der Waals surface area (Å²) in [7, 11) is -2.66. The molecule has 172 valence electrons. The molecule has 0 spiro atoms. The lowest BCUT2D eigenvalue weighted by Gasteiger charge is -2.15. The Labute approximate surface area is 198 Å². The van der Waals surface area contributed by atoms with Crippen LogP contribution >= 0.6 is 11.6 Å². The minimum absolute atomic E-state index is 0.0264. The van der Waals surface area contributed by atoms with Crippen LogP contribution in [0.25, 0.3) is 5.70 Å². The number of sulfonamides is 1. The van der Waals surface area contributed by atoms with Crippen molar-refractivity contribution in [1.82, 2.24) is 10.9 Å². The van der Waals surface area contributed by atoms with E-state index in [-0.39, 0.29) is 21.2 Å². The number of ether oxygens (including phenoxy) is 1. The number of carbonyl (C=O) groups is 1. The minimum atomic E-state index is -4.10. The number of amides is 1. The van der Waals surface area contributed by atoms with Gasteiger partial charge in [-0.25, -0.2) is 8.42 Å². The number of aryl methyl sites for hydroxylation is 2. The molecule has 0 aliphatic rings. The highest BCUT2D eigenvalue weighted by Gasteiger charge is 2.22. The molecule has 33 heavy (non-hydrogen) atoms. The van der Waals surface area contributed by atoms with Gasteiger partial charge in [0.25, 0.3) is 15.9 Å². The molecule has 0 aromatic heterocycles. The number of para-hydroxylation sites is 2. The molecule has 0 saturated heterocycles. The monoisotopic (exact) mass is 485 g/mol. The first-order valence-corrected chi connectivity index (χ1v) is 11.8. The summed E-state index contributed by atoms with van der Waals surface area (Å²) < 4.78 is 33.6. The van der Waals surface area contributed by atoms with Crippen LogP contribution in [0.4, 0.5) is 5.69 Å². The first kappa shape index (κ1) is 24.2. The highest BCUT2D eigenvalue weighted by Crippen LogP contribution is 2.29. The van der Waals surface area contributed by atoms with Crippen molar-refractivity contribution in [3.05, 3.63) is 94.5 Å². The number of hydrazine groups is 1. The summed E-state index contributed by atoms with van der Waals surface area (Å²) >= 11 is 6.15. The Morgan fingerprint density at radius 2 is 1.64 bits per heavy atom. The summed E-state index contributed by atoms with van der Waals surface area (Å²) in [5, 5.41) is -0.0264. The molecule has 0 fully saturated rings. The number of anilines is 1. The van der Waals surface area contributed by atoms with Gasteiger partial charge in [0, 0.05) is 5.56 Å². The maximum atomic E-state index is 13.0. The van der Waals surface area contributed by atoms with Crippen molar-refractivity contribution in [1.29, 1.82) is 0 Å². The standard InChI is InChI=1S/C24H24ClN3O4S/c1-15-9-10-18(13-16(15)2)17(3)26-27-24(29)19-11-12-20(25)23(14-19)33(30,31)28-21-7-5-6-8-22(21)32-4/h5-14,26,28H,3H2,1-2,4H3,(H,27,29). The highest BCUT2D eigenvalue weighted by molar-refractivity contribution is 7.92. The molecule has 0 atom stereocenters. The lowest BCUT2D eigenvalue weighted by molar-refractivity contribution is 0.0942. The lowest BCUT2D eigenvalue weighted by Crippen LogP contribution is -2.36. The largest absolute Gasteiger partial charge is 0.495 e. The lowest BCUT2D eigenvalue weighted by atomic mass is 10.1. The van der Waals surface area contributed by atoms with Crippen LogP contribution < -0.4 is 20.3 Å². The Balaban J connectivity index is 1.78. The van der Waals surface area contributed by atoms with Gasteiger partial charge >= 0.3 is 0 Å². The maximum Gasteiger partial charge on any atom is 0.269 e. The molecule has 0 unspecified atom stereocenters. The Morgan fingerprint density at radius 1 is 0.939 bits per heavy atom. The summed E-state index contributed by atoms with van der Waals surface area (Å²) in [5.41, 5.74) is 9.19. The van der Waals surface area contributed by atoms with E-state index in [1.165, 1.54) is 25.3 Å². The molecule has 0 bridgehead atoms. The summed E-state index contributed by atoms with van der Waals surface area (Å²) in [6.45, 7) is 7.92. The molecule has 0 aliphatic carbocycles. The van der Waals surface area contributed by atoms with Gasteiger partial charge in [0.1, 0.15) is 10.6 Å². The number of hydrogen-bond acceptors (Lipinski definition) is 5. The summed E-state index contributed by atoms with van der Waals surface area (Å²) in [4.78, 5) is 12.4. The van der Waals surface area contributed by atoms with Crippen LogP contribution in [0.1, 0.15) is 27.0 Å². The number of rotatable bonds is 8. The van der Waals surface area contributed by atoms with Gasteiger partial charge in [-0.15, -0.1) is 0 Å². The molecular weight excluding hydrogens is 462 g/mol. The highest BCUT2D eigenvalue weighted by atomic mass is 35.5. The van der Waals surface area contributed by atoms with E-state index >= 15 is 0 Å². The molecule has 1 amide bonds. The van der Waals surface area contributed by atoms with Crippen molar-refractivity contribution < 1.29 is 17.9 Å². The zero-order chi connectivity index (χ0) is 24.2. The van der Waals surface area contributed by atoms with Crippen molar-refractivity contribution >= 4 is 38.9 Å². The van der Waals surface area contributed by atoms with E-state index in [4.69, 9.17) is 16.3 Å². The Morgan fingerprint density at radius 3 is 2.33 bits per heavy atom. The molecule has 7 nitrogen and oxygen atoms in total. The summed E-state index contributed by atoms with van der Waals surface area (Å²) in [6.07, 6.45) is 0. The predicted molar refractivity (Wildman–Crippen MR) is 131 cm³/mol. The molecule has 9 heteroatoms. The van der Waals surface area contributed by atoms with Crippen LogP contribution in [0.15, 0.2) is 72.1 Å². The Bertz CT molecular complexity index is 1320. The zero-order valence-corrected chi connectivity index (χ0v) is 20.0. The fourth-order valence-electron chi connectivity index (χ4n) is 2.98. The number of benzene rings is 3. The summed E-state index contributed by atoms with van der Waals surface area (Å²) in [6, 6.07) is 16.4. The zero-order valence-electron chi connectivity index (χ0n) is 18.4. The molecule has 3 aromatic rings. The van der Waals surface area contributed by atoms with Gasteiger partial charge in [0.05, 0.1) is 23.5 Å². The van der Waals surface area contributed by atoms with Crippen molar-refractivity contribution in [2.24, 2.45) is 0 Å². The third kappa shape index (κ3) is 5.66. The molecule has 0 radical (unpaired) electrons. The molecule has 3 N–H and O–H groups in total. The Hall–Kier alpha value is -3.49. The molecule has 3 rings (SSSR count). The Kier molecular flexibility index (Phi) is 7.30. The summed E-state index contributed by atoms with van der Waals surface area (Å²) in [5.74, 6) is -0.203. The van der Waals surface area contributed by atoms with E-state index in [0.29, 0.717) is 11.4 Å². The van der Waals surface area contributed by atoms with Crippen molar-refractivity contribution in [3.63, 3.8) is 0 Å². The van der Waals surface area contributed by atoms with E-state index in [0.717, 1.165) is 16.7 Å². The fraction of sp³-hybridized carbons (Fsp3) is 0.125. The van der Waals surface area contributed by atoms with E-state index in [1.54, 1.807) is 24.3 Å². The van der Waals surface area contributed by atoms with Crippen LogP contribution in [-0.2, 0) is 10.0 Å². The van der Waals surface area contributed by atoms with Crippen molar-refractivity contribution in [2.75, 3.05) is 11.8 Å². The average Bonchev–Trinajstić information content (AvgIpc) is 2.79. The number of nitrogens with one attached hydrogen (secondary N) is 3. The van der Waals surface area contributed by atoms with Crippen LogP contribution in [-0.4, -0.2) is 21.4 Å². The smallest absolute Gasteiger partial charge is 0.269 e. The van der Waals surface area contributed by atoms with E-state index < -0.39 is 15.9 Å².